The molecule has 6 nitrogen and oxygen atoms in total. The van der Waals surface area contributed by atoms with Gasteiger partial charge in [-0.05, 0) is 36.4 Å². The molecular weight excluding hydrogens is 359 g/mol. The van der Waals surface area contributed by atoms with Crippen LogP contribution in [0.25, 0.3) is 0 Å². The smallest absolute Gasteiger partial charge is 0.363 e. The lowest BCUT2D eigenvalue weighted by atomic mass is 10.1. The number of nitrogens with one attached hydrogen (secondary N) is 2. The fraction of sp³-hybridized carbons (Fsp3) is 0.111. The van der Waals surface area contributed by atoms with E-state index in [0.717, 1.165) is 12.1 Å². The van der Waals surface area contributed by atoms with Gasteiger partial charge in [-0.25, -0.2) is 15.0 Å². The molecule has 0 aliphatic heterocycles. The van der Waals surface area contributed by atoms with E-state index in [1.165, 1.54) is 24.7 Å². The number of hydrogen-bond acceptors (Lipinski definition) is 5. The van der Waals surface area contributed by atoms with Gasteiger partial charge in [-0.1, -0.05) is 6.07 Å². The van der Waals surface area contributed by atoms with Gasteiger partial charge in [0.15, 0.2) is 0 Å². The molecule has 0 bridgehead atoms. The Balaban J connectivity index is 1.75. The van der Waals surface area contributed by atoms with Crippen molar-refractivity contribution in [1.29, 1.82) is 0 Å². The Labute approximate surface area is 152 Å². The van der Waals surface area contributed by atoms with Gasteiger partial charge < -0.3 is 10.6 Å². The molecule has 1 amide bonds. The van der Waals surface area contributed by atoms with Crippen LogP contribution in [0.15, 0.2) is 61.2 Å². The highest BCUT2D eigenvalue weighted by molar-refractivity contribution is 6.05. The van der Waals surface area contributed by atoms with Crippen LogP contribution in [0.3, 0.4) is 0 Å². The van der Waals surface area contributed by atoms with Gasteiger partial charge in [0.1, 0.15) is 12.1 Å². The second kappa shape index (κ2) is 7.81. The topological polar surface area (TPSA) is 79.8 Å². The molecule has 3 aromatic rings. The number of pyridine rings is 1. The molecule has 0 saturated carbocycles. The predicted molar refractivity (Wildman–Crippen MR) is 93.0 cm³/mol. The Bertz CT molecular complexity index is 932. The molecule has 1 aromatic carbocycles. The summed E-state index contributed by atoms with van der Waals surface area (Å²) in [5, 5.41) is 5.60. The molecule has 0 spiro atoms. The Hall–Kier alpha value is -3.49. The molecule has 0 atom stereocenters. The Morgan fingerprint density at radius 1 is 1.04 bits per heavy atom. The van der Waals surface area contributed by atoms with Crippen LogP contribution in [-0.4, -0.2) is 20.9 Å². The molecule has 0 aliphatic carbocycles. The van der Waals surface area contributed by atoms with E-state index in [1.54, 1.807) is 24.4 Å². The van der Waals surface area contributed by atoms with Crippen molar-refractivity contribution < 1.29 is 18.0 Å². The third kappa shape index (κ3) is 4.78. The minimum absolute atomic E-state index is 0.101. The summed E-state index contributed by atoms with van der Waals surface area (Å²) in [7, 11) is 0. The van der Waals surface area contributed by atoms with Crippen molar-refractivity contribution in [2.75, 3.05) is 10.6 Å². The number of halogens is 3. The summed E-state index contributed by atoms with van der Waals surface area (Å²) in [4.78, 5) is 24.4. The van der Waals surface area contributed by atoms with E-state index in [-0.39, 0.29) is 5.56 Å². The number of hydrogen-bond donors (Lipinski definition) is 2. The number of benzene rings is 1. The molecule has 0 fully saturated rings. The van der Waals surface area contributed by atoms with Crippen LogP contribution in [-0.2, 0) is 12.7 Å². The number of alkyl halides is 3. The van der Waals surface area contributed by atoms with Crippen molar-refractivity contribution in [2.24, 2.45) is 0 Å². The lowest BCUT2D eigenvalue weighted by molar-refractivity contribution is -0.137. The number of nitrogens with zero attached hydrogens (tertiary/aromatic N) is 3. The molecule has 0 unspecified atom stereocenters. The summed E-state index contributed by atoms with van der Waals surface area (Å²) >= 11 is 0. The van der Waals surface area contributed by atoms with Gasteiger partial charge in [0.2, 0.25) is 0 Å². The fourth-order valence-electron chi connectivity index (χ4n) is 2.28. The fourth-order valence-corrected chi connectivity index (χ4v) is 2.28. The van der Waals surface area contributed by atoms with Gasteiger partial charge in [-0.3, -0.25) is 4.79 Å². The Morgan fingerprint density at radius 2 is 1.89 bits per heavy atom. The van der Waals surface area contributed by atoms with Crippen molar-refractivity contribution in [3.8, 4) is 0 Å². The number of amides is 1. The molecule has 0 saturated heterocycles. The Kier molecular flexibility index (Phi) is 5.30. The summed E-state index contributed by atoms with van der Waals surface area (Å²) < 4.78 is 38.5. The highest BCUT2D eigenvalue weighted by Gasteiger charge is 2.30. The van der Waals surface area contributed by atoms with Crippen LogP contribution in [0.4, 0.5) is 24.7 Å². The van der Waals surface area contributed by atoms with Crippen LogP contribution in [0.5, 0.6) is 0 Å². The van der Waals surface area contributed by atoms with Gasteiger partial charge in [0.25, 0.3) is 5.91 Å². The zero-order valence-corrected chi connectivity index (χ0v) is 13.9. The molecular formula is C18H14F3N5O. The zero-order chi connectivity index (χ0) is 19.3. The van der Waals surface area contributed by atoms with E-state index >= 15 is 0 Å². The lowest BCUT2D eigenvalue weighted by Gasteiger charge is -2.12. The van der Waals surface area contributed by atoms with E-state index in [2.05, 4.69) is 25.6 Å². The molecule has 9 heteroatoms. The maximum atomic E-state index is 12.8. The van der Waals surface area contributed by atoms with Gasteiger partial charge >= 0.3 is 6.18 Å². The van der Waals surface area contributed by atoms with E-state index in [4.69, 9.17) is 0 Å². The van der Waals surface area contributed by atoms with Crippen molar-refractivity contribution in [2.45, 2.75) is 12.7 Å². The minimum Gasteiger partial charge on any atom is -0.363 e. The number of rotatable bonds is 5. The molecule has 2 N–H and O–H groups in total. The summed E-state index contributed by atoms with van der Waals surface area (Å²) in [5.41, 5.74) is 0.0682. The first kappa shape index (κ1) is 18.3. The van der Waals surface area contributed by atoms with E-state index in [0.29, 0.717) is 23.7 Å². The van der Waals surface area contributed by atoms with E-state index in [9.17, 15) is 18.0 Å². The van der Waals surface area contributed by atoms with Crippen molar-refractivity contribution in [1.82, 2.24) is 15.0 Å². The minimum atomic E-state index is -4.52. The summed E-state index contributed by atoms with van der Waals surface area (Å²) in [6.07, 6.45) is 0.0155. The molecule has 3 rings (SSSR count). The van der Waals surface area contributed by atoms with Crippen molar-refractivity contribution >= 4 is 17.4 Å². The summed E-state index contributed by atoms with van der Waals surface area (Å²) in [6.45, 7) is 0.339. The van der Waals surface area contributed by atoms with E-state index < -0.39 is 17.6 Å². The maximum absolute atomic E-state index is 12.8. The highest BCUT2D eigenvalue weighted by Crippen LogP contribution is 2.30. The Morgan fingerprint density at radius 3 is 2.63 bits per heavy atom. The molecule has 138 valence electrons. The predicted octanol–water partition coefficient (Wildman–Crippen LogP) is 3.75. The summed E-state index contributed by atoms with van der Waals surface area (Å²) in [6, 6.07) is 9.15. The largest absolute Gasteiger partial charge is 0.416 e. The first-order valence-electron chi connectivity index (χ1n) is 7.86. The third-order valence-electron chi connectivity index (χ3n) is 3.59. The maximum Gasteiger partial charge on any atom is 0.416 e. The van der Waals surface area contributed by atoms with Crippen LogP contribution >= 0.6 is 0 Å². The average Bonchev–Trinajstić information content (AvgIpc) is 2.67. The number of carbonyl (C=O) groups is 1. The average molecular weight is 373 g/mol. The van der Waals surface area contributed by atoms with Gasteiger partial charge in [0, 0.05) is 18.0 Å². The lowest BCUT2D eigenvalue weighted by Crippen LogP contribution is -2.15. The van der Waals surface area contributed by atoms with Crippen LogP contribution in [0.2, 0.25) is 0 Å². The number of anilines is 2. The van der Waals surface area contributed by atoms with Gasteiger partial charge in [-0.15, -0.1) is 0 Å². The monoisotopic (exact) mass is 373 g/mol. The zero-order valence-electron chi connectivity index (χ0n) is 13.9. The van der Waals surface area contributed by atoms with Gasteiger partial charge in [-0.2, -0.15) is 13.2 Å². The summed E-state index contributed by atoms with van der Waals surface area (Å²) in [5.74, 6) is -0.296. The van der Waals surface area contributed by atoms with Crippen molar-refractivity contribution in [3.05, 3.63) is 78.0 Å². The number of carbonyl (C=O) groups excluding carboxylic acids is 1. The number of aromatic nitrogens is 3. The normalized spacial score (nSPS) is 11.1. The first-order valence-corrected chi connectivity index (χ1v) is 7.86. The first-order chi connectivity index (χ1) is 12.9. The highest BCUT2D eigenvalue weighted by atomic mass is 19.4. The molecule has 0 radical (unpaired) electrons. The second-order valence-corrected chi connectivity index (χ2v) is 5.49. The van der Waals surface area contributed by atoms with E-state index in [1.807, 2.05) is 0 Å². The van der Waals surface area contributed by atoms with Crippen LogP contribution in [0, 0.1) is 0 Å². The van der Waals surface area contributed by atoms with Crippen LogP contribution < -0.4 is 10.6 Å². The van der Waals surface area contributed by atoms with Crippen LogP contribution in [0.1, 0.15) is 21.6 Å². The molecule has 27 heavy (non-hydrogen) atoms. The third-order valence-corrected chi connectivity index (χ3v) is 3.59. The second-order valence-electron chi connectivity index (χ2n) is 5.49. The van der Waals surface area contributed by atoms with Gasteiger partial charge in [0.05, 0.1) is 23.5 Å². The quantitative estimate of drug-likeness (QED) is 0.712. The molecule has 0 aliphatic rings. The van der Waals surface area contributed by atoms with Crippen molar-refractivity contribution in [3.63, 3.8) is 0 Å². The standard InChI is InChI=1S/C18H14F3N5O/c19-18(20,21)13-4-1-3-12(9-13)17(27)26-15-5-2-7-23-16(15)24-10-14-6-8-22-11-25-14/h1-9,11H,10H2,(H,23,24)(H,26,27). The molecule has 2 heterocycles. The molecule has 2 aromatic heterocycles. The SMILES string of the molecule is O=C(Nc1cccnc1NCc1ccncn1)c1cccc(C(F)(F)F)c1.